The van der Waals surface area contributed by atoms with Gasteiger partial charge in [0.25, 0.3) is 0 Å². The highest BCUT2D eigenvalue weighted by atomic mass is 32.2. The van der Waals surface area contributed by atoms with E-state index in [1.807, 2.05) is 0 Å². The normalized spacial score (nSPS) is 10.1. The Morgan fingerprint density at radius 1 is 0.947 bits per heavy atom. The van der Waals surface area contributed by atoms with Crippen LogP contribution in [-0.4, -0.2) is 19.6 Å². The second-order valence-corrected chi connectivity index (χ2v) is 6.23. The van der Waals surface area contributed by atoms with E-state index in [9.17, 15) is 0 Å². The van der Waals surface area contributed by atoms with E-state index in [4.69, 9.17) is 35.9 Å². The lowest BCUT2D eigenvalue weighted by Gasteiger charge is -2.14. The molecule has 8 nitrogen and oxygen atoms in total. The first-order valence-corrected chi connectivity index (χ1v) is 7.24. The number of thiocarbonyl (C=S) groups is 2. The van der Waals surface area contributed by atoms with Gasteiger partial charge in [0.1, 0.15) is 13.3 Å². The van der Waals surface area contributed by atoms with Crippen LogP contribution >= 0.6 is 60.2 Å². The summed E-state index contributed by atoms with van der Waals surface area (Å²) in [5.74, 6) is 0. The van der Waals surface area contributed by atoms with Crippen molar-refractivity contribution in [3.05, 3.63) is 7.91 Å². The lowest BCUT2D eigenvalue weighted by Crippen LogP contribution is -2.44. The predicted molar refractivity (Wildman–Crippen MR) is 88.1 cm³/mol. The van der Waals surface area contributed by atoms with Crippen LogP contribution in [0, 0.1) is 7.91 Å². The number of rotatable bonds is 6. The summed E-state index contributed by atoms with van der Waals surface area (Å²) in [6.07, 6.45) is 0. The summed E-state index contributed by atoms with van der Waals surface area (Å²) in [5.41, 5.74) is 21.4. The maximum atomic E-state index is 5.30. The maximum absolute atomic E-state index is 5.30. The van der Waals surface area contributed by atoms with Crippen LogP contribution in [0.3, 0.4) is 0 Å². The smallest absolute Gasteiger partial charge is 0.179 e. The van der Waals surface area contributed by atoms with Gasteiger partial charge < -0.3 is 11.5 Å². The van der Waals surface area contributed by atoms with Gasteiger partial charge >= 0.3 is 0 Å². The highest BCUT2D eigenvalue weighted by Gasteiger charge is 2.04. The molecule has 0 atom stereocenters. The first-order valence-electron chi connectivity index (χ1n) is 4.79. The number of nitrogens with one attached hydrogen (secondary N) is 4. The quantitative estimate of drug-likeness (QED) is 0.292. The van der Waals surface area contributed by atoms with Crippen LogP contribution in [0.1, 0.15) is 0 Å². The first-order chi connectivity index (χ1) is 8.91. The molecular formula is C6H12N8S5. The van der Waals surface area contributed by atoms with Gasteiger partial charge in [-0.1, -0.05) is 11.3 Å². The molecule has 0 radical (unpaired) electrons. The predicted octanol–water partition coefficient (Wildman–Crippen LogP) is -0.599. The molecule has 0 saturated carbocycles. The number of hydrogen-bond acceptors (Lipinski definition) is 7. The van der Waals surface area contributed by atoms with E-state index >= 15 is 0 Å². The van der Waals surface area contributed by atoms with Crippen LogP contribution in [0.25, 0.3) is 0 Å². The molecule has 1 rings (SSSR count). The molecule has 0 fully saturated rings. The van der Waals surface area contributed by atoms with Gasteiger partial charge in [-0.05, 0) is 48.9 Å². The van der Waals surface area contributed by atoms with Crippen molar-refractivity contribution in [2.45, 2.75) is 13.3 Å². The summed E-state index contributed by atoms with van der Waals surface area (Å²) in [6.45, 7) is 0.691. The molecule has 0 aliphatic rings. The molecule has 8 N–H and O–H groups in total. The third kappa shape index (κ3) is 5.43. The van der Waals surface area contributed by atoms with Gasteiger partial charge in [0.05, 0.1) is 0 Å². The maximum Gasteiger partial charge on any atom is 0.179 e. The molecule has 1 aromatic heterocycles. The topological polar surface area (TPSA) is 110 Å². The zero-order valence-electron chi connectivity index (χ0n) is 9.50. The van der Waals surface area contributed by atoms with E-state index in [1.165, 1.54) is 11.3 Å². The number of nitrogens with zero attached hydrogens (tertiary/aromatic N) is 2. The van der Waals surface area contributed by atoms with Crippen LogP contribution in [0.4, 0.5) is 0 Å². The third-order valence-corrected chi connectivity index (χ3v) is 3.66. The van der Waals surface area contributed by atoms with Crippen LogP contribution in [0.15, 0.2) is 0 Å². The summed E-state index contributed by atoms with van der Waals surface area (Å²) < 4.78 is 4.70. The van der Waals surface area contributed by atoms with Gasteiger partial charge in [0.15, 0.2) is 18.1 Å². The lowest BCUT2D eigenvalue weighted by atomic mass is 11.0. The molecule has 1 heterocycles. The van der Waals surface area contributed by atoms with Crippen LogP contribution in [-0.2, 0) is 13.3 Å². The number of aromatic nitrogens is 2. The monoisotopic (exact) mass is 356 g/mol. The second kappa shape index (κ2) is 7.78. The molecule has 13 heteroatoms. The summed E-state index contributed by atoms with van der Waals surface area (Å²) in [7, 11) is 0. The fraction of sp³-hybridized carbons (Fsp3) is 0.333. The Morgan fingerprint density at radius 3 is 1.63 bits per heavy atom. The fourth-order valence-electron chi connectivity index (χ4n) is 1.08. The SMILES string of the molecule is NC(=S)NNCn1c(=S)sc(=S)n1CNNC(N)=S. The van der Waals surface area contributed by atoms with Crippen molar-refractivity contribution in [1.82, 2.24) is 31.1 Å². The van der Waals surface area contributed by atoms with Crippen molar-refractivity contribution in [2.75, 3.05) is 0 Å². The Labute approximate surface area is 134 Å². The summed E-state index contributed by atoms with van der Waals surface area (Å²) in [6, 6.07) is 0. The molecule has 19 heavy (non-hydrogen) atoms. The van der Waals surface area contributed by atoms with Gasteiger partial charge in [0.2, 0.25) is 0 Å². The van der Waals surface area contributed by atoms with Gasteiger partial charge in [-0.15, -0.1) is 0 Å². The molecule has 0 spiro atoms. The Balaban J connectivity index is 2.73. The second-order valence-electron chi connectivity index (χ2n) is 3.08. The molecule has 0 unspecified atom stereocenters. The summed E-state index contributed by atoms with van der Waals surface area (Å²) in [4.78, 5) is 0. The molecule has 0 aliphatic carbocycles. The molecule has 1 aromatic rings. The van der Waals surface area contributed by atoms with Crippen LogP contribution in [0.5, 0.6) is 0 Å². The molecule has 0 aromatic carbocycles. The average Bonchev–Trinajstić information content (AvgIpc) is 2.54. The Kier molecular flexibility index (Phi) is 6.70. The number of hydrogen-bond donors (Lipinski definition) is 6. The molecule has 0 bridgehead atoms. The number of hydrazine groups is 2. The largest absolute Gasteiger partial charge is 0.375 e. The van der Waals surface area contributed by atoms with Gasteiger partial charge in [-0.3, -0.25) is 10.9 Å². The fourth-order valence-corrected chi connectivity index (χ4v) is 2.87. The molecule has 0 saturated heterocycles. The van der Waals surface area contributed by atoms with E-state index in [0.29, 0.717) is 21.2 Å². The van der Waals surface area contributed by atoms with E-state index in [1.54, 1.807) is 9.36 Å². The average molecular weight is 357 g/mol. The van der Waals surface area contributed by atoms with Crippen molar-refractivity contribution in [1.29, 1.82) is 0 Å². The van der Waals surface area contributed by atoms with Crippen molar-refractivity contribution < 1.29 is 0 Å². The zero-order chi connectivity index (χ0) is 14.4. The van der Waals surface area contributed by atoms with Crippen molar-refractivity contribution >= 4 is 70.4 Å². The van der Waals surface area contributed by atoms with Crippen molar-refractivity contribution in [3.8, 4) is 0 Å². The Bertz CT molecular complexity index is 520. The molecule has 106 valence electrons. The molecular weight excluding hydrogens is 344 g/mol. The lowest BCUT2D eigenvalue weighted by molar-refractivity contribution is 0.363. The van der Waals surface area contributed by atoms with Crippen LogP contribution in [0.2, 0.25) is 0 Å². The van der Waals surface area contributed by atoms with Crippen molar-refractivity contribution in [2.24, 2.45) is 11.5 Å². The molecule has 0 aliphatic heterocycles. The summed E-state index contributed by atoms with van der Waals surface area (Å²) >= 11 is 21.1. The highest BCUT2D eigenvalue weighted by molar-refractivity contribution is 7.80. The summed E-state index contributed by atoms with van der Waals surface area (Å²) in [5, 5.41) is 0.278. The Hall–Kier alpha value is -0.700. The van der Waals surface area contributed by atoms with Crippen LogP contribution < -0.4 is 33.2 Å². The highest BCUT2D eigenvalue weighted by Crippen LogP contribution is 2.06. The minimum atomic E-state index is 0.139. The van der Waals surface area contributed by atoms with Gasteiger partial charge in [-0.2, -0.15) is 0 Å². The Morgan fingerprint density at radius 2 is 1.32 bits per heavy atom. The minimum Gasteiger partial charge on any atom is -0.375 e. The number of nitrogens with two attached hydrogens (primary N) is 2. The zero-order valence-corrected chi connectivity index (χ0v) is 13.6. The molecule has 0 amide bonds. The van der Waals surface area contributed by atoms with Gasteiger partial charge in [-0.25, -0.2) is 20.2 Å². The van der Waals surface area contributed by atoms with Crippen molar-refractivity contribution in [3.63, 3.8) is 0 Å². The van der Waals surface area contributed by atoms with Gasteiger partial charge in [0, 0.05) is 0 Å². The van der Waals surface area contributed by atoms with E-state index < -0.39 is 0 Å². The van der Waals surface area contributed by atoms with E-state index in [2.05, 4.69) is 46.1 Å². The minimum absolute atomic E-state index is 0.139. The van der Waals surface area contributed by atoms with E-state index in [-0.39, 0.29) is 10.2 Å². The standard InChI is InChI=1S/C6H12N8S5/c7-3(15)11-9-1-13-5(17)19-6(18)14(13)2-10-12-4(8)16/h9-10H,1-2H2,(H3,7,11,15)(H3,8,12,16). The van der Waals surface area contributed by atoms with E-state index in [0.717, 1.165) is 0 Å². The first kappa shape index (κ1) is 16.4. The third-order valence-electron chi connectivity index (χ3n) is 1.77.